The average Bonchev–Trinajstić information content (AvgIpc) is 3.47. The molecule has 200 valence electrons. The number of benzene rings is 1. The van der Waals surface area contributed by atoms with Crippen LogP contribution in [0.4, 0.5) is 17.2 Å². The monoisotopic (exact) mass is 524 g/mol. The predicted octanol–water partition coefficient (Wildman–Crippen LogP) is 4.55. The second kappa shape index (κ2) is 14.1. The fourth-order valence-electron chi connectivity index (χ4n) is 4.54. The molecule has 3 heterocycles. The molecule has 0 unspecified atom stereocenters. The Labute approximate surface area is 224 Å². The minimum atomic E-state index is -0.213. The van der Waals surface area contributed by atoms with Gasteiger partial charge in [0.2, 0.25) is 0 Å². The van der Waals surface area contributed by atoms with E-state index in [1.54, 1.807) is 17.5 Å². The number of carbonyl (C=O) groups excluding carboxylic acids is 1. The van der Waals surface area contributed by atoms with Gasteiger partial charge in [0.1, 0.15) is 5.82 Å². The highest BCUT2D eigenvalue weighted by atomic mass is 32.1. The fraction of sp³-hybridized carbons (Fsp3) is 0.429. The first-order valence-corrected chi connectivity index (χ1v) is 13.8. The molecule has 0 bridgehead atoms. The van der Waals surface area contributed by atoms with Crippen LogP contribution in [0.5, 0.6) is 0 Å². The van der Waals surface area contributed by atoms with Gasteiger partial charge in [0.05, 0.1) is 23.7 Å². The molecule has 1 aromatic carbocycles. The van der Waals surface area contributed by atoms with Crippen LogP contribution in [0.1, 0.15) is 49.9 Å². The Hall–Kier alpha value is -2.98. The largest absolute Gasteiger partial charge is 0.397 e. The van der Waals surface area contributed by atoms with E-state index < -0.39 is 0 Å². The van der Waals surface area contributed by atoms with Crippen molar-refractivity contribution >= 4 is 34.4 Å². The van der Waals surface area contributed by atoms with E-state index in [4.69, 9.17) is 10.8 Å². The van der Waals surface area contributed by atoms with Gasteiger partial charge in [0.15, 0.2) is 0 Å². The number of piperidine rings is 1. The van der Waals surface area contributed by atoms with Crippen LogP contribution in [0.3, 0.4) is 0 Å². The van der Waals surface area contributed by atoms with Crippen molar-refractivity contribution in [1.82, 2.24) is 15.6 Å². The molecule has 1 saturated heterocycles. The van der Waals surface area contributed by atoms with Crippen molar-refractivity contribution < 1.29 is 9.90 Å². The third-order valence-corrected chi connectivity index (χ3v) is 7.70. The summed E-state index contributed by atoms with van der Waals surface area (Å²) in [5.41, 5.74) is 9.04. The lowest BCUT2D eigenvalue weighted by atomic mass is 9.83. The number of amides is 1. The lowest BCUT2D eigenvalue weighted by Gasteiger charge is -2.42. The van der Waals surface area contributed by atoms with Crippen LogP contribution in [0.15, 0.2) is 54.0 Å². The number of anilines is 3. The SMILES string of the molecule is CCCC1(NC)CCN(c2ccc(C(=O)Nc3cc(-c4cccs4)ccc3N)cn2)CC1.CCNCO. The van der Waals surface area contributed by atoms with E-state index >= 15 is 0 Å². The van der Waals surface area contributed by atoms with E-state index in [-0.39, 0.29) is 18.2 Å². The predicted molar refractivity (Wildman–Crippen MR) is 155 cm³/mol. The van der Waals surface area contributed by atoms with Crippen LogP contribution in [0.2, 0.25) is 0 Å². The molecule has 6 N–H and O–H groups in total. The highest BCUT2D eigenvalue weighted by Crippen LogP contribution is 2.31. The molecule has 1 amide bonds. The Morgan fingerprint density at radius 2 is 1.97 bits per heavy atom. The first-order valence-electron chi connectivity index (χ1n) is 12.9. The Morgan fingerprint density at radius 1 is 1.19 bits per heavy atom. The zero-order valence-electron chi connectivity index (χ0n) is 22.1. The molecule has 0 atom stereocenters. The lowest BCUT2D eigenvalue weighted by Crippen LogP contribution is -2.52. The second-order valence-corrected chi connectivity index (χ2v) is 10.1. The van der Waals surface area contributed by atoms with E-state index in [0.717, 1.165) is 48.7 Å². The van der Waals surface area contributed by atoms with Gasteiger partial charge in [0.25, 0.3) is 5.91 Å². The highest BCUT2D eigenvalue weighted by molar-refractivity contribution is 7.13. The van der Waals surface area contributed by atoms with Gasteiger partial charge in [-0.2, -0.15) is 0 Å². The first-order chi connectivity index (χ1) is 17.9. The molecular formula is C28H40N6O2S. The number of aliphatic hydroxyl groups is 1. The maximum Gasteiger partial charge on any atom is 0.257 e. The van der Waals surface area contributed by atoms with Crippen molar-refractivity contribution in [2.24, 2.45) is 0 Å². The summed E-state index contributed by atoms with van der Waals surface area (Å²) in [6.07, 6.45) is 6.22. The topological polar surface area (TPSA) is 116 Å². The van der Waals surface area contributed by atoms with Crippen molar-refractivity contribution in [3.05, 3.63) is 59.6 Å². The van der Waals surface area contributed by atoms with Crippen molar-refractivity contribution in [3.63, 3.8) is 0 Å². The van der Waals surface area contributed by atoms with E-state index in [1.807, 2.05) is 54.8 Å². The summed E-state index contributed by atoms with van der Waals surface area (Å²) >= 11 is 1.65. The summed E-state index contributed by atoms with van der Waals surface area (Å²) in [5.74, 6) is 0.705. The smallest absolute Gasteiger partial charge is 0.257 e. The third-order valence-electron chi connectivity index (χ3n) is 6.78. The molecule has 2 aromatic heterocycles. The van der Waals surface area contributed by atoms with Gasteiger partial charge in [-0.05, 0) is 74.1 Å². The first kappa shape index (κ1) is 28.6. The van der Waals surface area contributed by atoms with Crippen molar-refractivity contribution in [2.45, 2.75) is 45.1 Å². The Kier molecular flexibility index (Phi) is 10.9. The van der Waals surface area contributed by atoms with Crippen molar-refractivity contribution in [2.75, 3.05) is 49.4 Å². The molecule has 9 heteroatoms. The molecule has 0 spiro atoms. The molecule has 1 fully saturated rings. The molecule has 3 aromatic rings. The van der Waals surface area contributed by atoms with Crippen LogP contribution >= 0.6 is 11.3 Å². The lowest BCUT2D eigenvalue weighted by molar-refractivity contribution is 0.102. The Bertz CT molecular complexity index is 1090. The normalized spacial score (nSPS) is 14.5. The standard InChI is InChI=1S/C25H31N5OS.C3H9NO/c1-3-10-25(27-2)11-13-30(14-12-25)23-9-7-19(17-28-23)24(31)29-21-16-18(6-8-20(21)26)22-5-4-15-32-22;1-2-4-3-5/h4-9,15-17,27H,3,10-14,26H2,1-2H3,(H,29,31);4-5H,2-3H2,1H3. The van der Waals surface area contributed by atoms with Crippen LogP contribution in [-0.4, -0.2) is 54.9 Å². The van der Waals surface area contributed by atoms with Crippen LogP contribution < -0.4 is 26.6 Å². The van der Waals surface area contributed by atoms with Gasteiger partial charge in [-0.25, -0.2) is 4.98 Å². The molecule has 0 radical (unpaired) electrons. The van der Waals surface area contributed by atoms with Crippen LogP contribution in [-0.2, 0) is 0 Å². The number of nitrogens with zero attached hydrogens (tertiary/aromatic N) is 2. The molecule has 0 aliphatic carbocycles. The minimum Gasteiger partial charge on any atom is -0.397 e. The number of pyridine rings is 1. The molecule has 4 rings (SSSR count). The molecular weight excluding hydrogens is 484 g/mol. The molecule has 1 aliphatic rings. The molecule has 1 aliphatic heterocycles. The number of aromatic nitrogens is 1. The molecule has 8 nitrogen and oxygen atoms in total. The van der Waals surface area contributed by atoms with Crippen molar-refractivity contribution in [1.29, 1.82) is 0 Å². The maximum absolute atomic E-state index is 12.8. The highest BCUT2D eigenvalue weighted by Gasteiger charge is 2.32. The van der Waals surface area contributed by atoms with Gasteiger partial charge >= 0.3 is 0 Å². The number of nitrogens with one attached hydrogen (secondary N) is 3. The van der Waals surface area contributed by atoms with Gasteiger partial charge in [-0.3, -0.25) is 10.1 Å². The fourth-order valence-corrected chi connectivity index (χ4v) is 5.27. The molecule has 0 saturated carbocycles. The summed E-state index contributed by atoms with van der Waals surface area (Å²) in [5, 5.41) is 19.1. The average molecular weight is 525 g/mol. The number of thiophene rings is 1. The molecule has 37 heavy (non-hydrogen) atoms. The van der Waals surface area contributed by atoms with Crippen LogP contribution in [0, 0.1) is 0 Å². The number of aliphatic hydroxyl groups excluding tert-OH is 1. The van der Waals surface area contributed by atoms with E-state index in [0.29, 0.717) is 16.9 Å². The van der Waals surface area contributed by atoms with E-state index in [1.165, 1.54) is 12.8 Å². The number of carbonyl (C=O) groups is 1. The number of hydrogen-bond donors (Lipinski definition) is 5. The van der Waals surface area contributed by atoms with Crippen LogP contribution in [0.25, 0.3) is 10.4 Å². The summed E-state index contributed by atoms with van der Waals surface area (Å²) in [6.45, 7) is 7.04. The zero-order valence-corrected chi connectivity index (χ0v) is 22.9. The Morgan fingerprint density at radius 3 is 2.51 bits per heavy atom. The number of nitrogen functional groups attached to an aromatic ring is 1. The van der Waals surface area contributed by atoms with Crippen molar-refractivity contribution in [3.8, 4) is 10.4 Å². The summed E-state index contributed by atoms with van der Waals surface area (Å²) in [6, 6.07) is 13.5. The number of rotatable bonds is 9. The summed E-state index contributed by atoms with van der Waals surface area (Å²) in [4.78, 5) is 20.8. The van der Waals surface area contributed by atoms with Gasteiger partial charge in [0, 0.05) is 29.7 Å². The second-order valence-electron chi connectivity index (χ2n) is 9.17. The minimum absolute atomic E-state index is 0.0938. The zero-order chi connectivity index (χ0) is 26.7. The number of hydrogen-bond acceptors (Lipinski definition) is 8. The summed E-state index contributed by atoms with van der Waals surface area (Å²) < 4.78 is 0. The van der Waals surface area contributed by atoms with E-state index in [2.05, 4.69) is 39.8 Å². The van der Waals surface area contributed by atoms with Gasteiger partial charge in [-0.15, -0.1) is 11.3 Å². The quantitative estimate of drug-likeness (QED) is 0.206. The Balaban J connectivity index is 0.000000695. The van der Waals surface area contributed by atoms with Gasteiger partial charge < -0.3 is 26.4 Å². The summed E-state index contributed by atoms with van der Waals surface area (Å²) in [7, 11) is 2.07. The number of nitrogens with two attached hydrogens (primary N) is 1. The van der Waals surface area contributed by atoms with E-state index in [9.17, 15) is 4.79 Å². The third kappa shape index (κ3) is 7.75. The van der Waals surface area contributed by atoms with Gasteiger partial charge in [-0.1, -0.05) is 32.4 Å². The maximum atomic E-state index is 12.8.